The number of benzene rings is 3. The van der Waals surface area contributed by atoms with E-state index < -0.39 is 0 Å². The summed E-state index contributed by atoms with van der Waals surface area (Å²) >= 11 is 0. The zero-order valence-corrected chi connectivity index (χ0v) is 20.0. The summed E-state index contributed by atoms with van der Waals surface area (Å²) in [6.07, 6.45) is 0. The van der Waals surface area contributed by atoms with Crippen molar-refractivity contribution in [2.24, 2.45) is 0 Å². The first-order valence-corrected chi connectivity index (χ1v) is 11.8. The Morgan fingerprint density at radius 3 is 2.34 bits per heavy atom. The lowest BCUT2D eigenvalue weighted by molar-refractivity contribution is -0.139. The molecule has 2 unspecified atom stereocenters. The normalized spacial score (nSPS) is 18.2. The minimum atomic E-state index is -0.296. The predicted molar refractivity (Wildman–Crippen MR) is 134 cm³/mol. The SMILES string of the molecule is CC1CN(C(=O)COc2ccccc2C(=O)Nc2ccccc2)C(C)CN1Cc1ccc(F)cc1. The number of para-hydroxylation sites is 2. The van der Waals surface area contributed by atoms with Gasteiger partial charge in [0, 0.05) is 37.4 Å². The molecule has 1 aliphatic rings. The lowest BCUT2D eigenvalue weighted by atomic mass is 10.1. The van der Waals surface area contributed by atoms with Crippen LogP contribution in [0.3, 0.4) is 0 Å². The van der Waals surface area contributed by atoms with Gasteiger partial charge in [-0.2, -0.15) is 0 Å². The highest BCUT2D eigenvalue weighted by Crippen LogP contribution is 2.22. The van der Waals surface area contributed by atoms with Crippen molar-refractivity contribution in [3.05, 3.63) is 95.8 Å². The maximum atomic E-state index is 13.2. The molecule has 2 atom stereocenters. The molecule has 3 aromatic carbocycles. The van der Waals surface area contributed by atoms with E-state index in [1.807, 2.05) is 42.2 Å². The fourth-order valence-electron chi connectivity index (χ4n) is 4.31. The van der Waals surface area contributed by atoms with Gasteiger partial charge in [0.05, 0.1) is 5.56 Å². The maximum absolute atomic E-state index is 13.2. The summed E-state index contributed by atoms with van der Waals surface area (Å²) in [7, 11) is 0. The largest absolute Gasteiger partial charge is 0.483 e. The Morgan fingerprint density at radius 1 is 0.914 bits per heavy atom. The van der Waals surface area contributed by atoms with Crippen LogP contribution in [-0.2, 0) is 11.3 Å². The molecule has 0 spiro atoms. The molecule has 0 saturated carbocycles. The first kappa shape index (κ1) is 24.4. The van der Waals surface area contributed by atoms with E-state index in [1.165, 1.54) is 12.1 Å². The van der Waals surface area contributed by atoms with Gasteiger partial charge in [0.15, 0.2) is 6.61 Å². The second-order valence-corrected chi connectivity index (χ2v) is 8.91. The van der Waals surface area contributed by atoms with Crippen molar-refractivity contribution in [1.29, 1.82) is 0 Å². The van der Waals surface area contributed by atoms with E-state index in [-0.39, 0.29) is 36.3 Å². The predicted octanol–water partition coefficient (Wildman–Crippen LogP) is 4.58. The minimum absolute atomic E-state index is 0.000582. The molecule has 7 heteroatoms. The van der Waals surface area contributed by atoms with E-state index in [0.717, 1.165) is 5.56 Å². The van der Waals surface area contributed by atoms with E-state index in [2.05, 4.69) is 17.1 Å². The number of hydrogen-bond acceptors (Lipinski definition) is 4. The van der Waals surface area contributed by atoms with Gasteiger partial charge in [-0.3, -0.25) is 14.5 Å². The number of rotatable bonds is 7. The second-order valence-electron chi connectivity index (χ2n) is 8.91. The lowest BCUT2D eigenvalue weighted by Crippen LogP contribution is -2.58. The molecule has 35 heavy (non-hydrogen) atoms. The standard InChI is InChI=1S/C28H30FN3O3/c1-20-17-32(21(2)16-31(20)18-22-12-14-23(29)15-13-22)27(33)19-35-26-11-7-6-10-25(26)28(34)30-24-8-4-3-5-9-24/h3-15,20-21H,16-19H2,1-2H3,(H,30,34). The van der Waals surface area contributed by atoms with Gasteiger partial charge in [-0.25, -0.2) is 4.39 Å². The Hall–Kier alpha value is -3.71. The van der Waals surface area contributed by atoms with Crippen molar-refractivity contribution in [1.82, 2.24) is 9.80 Å². The molecule has 0 aliphatic carbocycles. The molecule has 0 radical (unpaired) electrons. The van der Waals surface area contributed by atoms with Crippen molar-refractivity contribution >= 4 is 17.5 Å². The molecule has 4 rings (SSSR count). The van der Waals surface area contributed by atoms with Gasteiger partial charge in [0.2, 0.25) is 0 Å². The molecule has 3 aromatic rings. The van der Waals surface area contributed by atoms with Crippen LogP contribution in [0.1, 0.15) is 29.8 Å². The van der Waals surface area contributed by atoms with Crippen LogP contribution in [0, 0.1) is 5.82 Å². The van der Waals surface area contributed by atoms with Crippen molar-refractivity contribution < 1.29 is 18.7 Å². The van der Waals surface area contributed by atoms with E-state index in [9.17, 15) is 14.0 Å². The van der Waals surface area contributed by atoms with Crippen molar-refractivity contribution in [3.8, 4) is 5.75 Å². The summed E-state index contributed by atoms with van der Waals surface area (Å²) in [5.74, 6) is -0.297. The first-order valence-electron chi connectivity index (χ1n) is 11.8. The second kappa shape index (κ2) is 11.1. The van der Waals surface area contributed by atoms with E-state index in [1.54, 1.807) is 36.4 Å². The number of nitrogens with zero attached hydrogens (tertiary/aromatic N) is 2. The molecule has 1 aliphatic heterocycles. The lowest BCUT2D eigenvalue weighted by Gasteiger charge is -2.44. The van der Waals surface area contributed by atoms with Gasteiger partial charge >= 0.3 is 0 Å². The summed E-state index contributed by atoms with van der Waals surface area (Å²) in [6.45, 7) is 5.93. The summed E-state index contributed by atoms with van der Waals surface area (Å²) < 4.78 is 19.0. The molecule has 1 saturated heterocycles. The molecule has 1 fully saturated rings. The number of carbonyl (C=O) groups excluding carboxylic acids is 2. The van der Waals surface area contributed by atoms with Gasteiger partial charge in [-0.15, -0.1) is 0 Å². The molecule has 2 amide bonds. The third kappa shape index (κ3) is 6.25. The fourth-order valence-corrected chi connectivity index (χ4v) is 4.31. The van der Waals surface area contributed by atoms with Crippen LogP contribution < -0.4 is 10.1 Å². The highest BCUT2D eigenvalue weighted by molar-refractivity contribution is 6.06. The zero-order valence-electron chi connectivity index (χ0n) is 20.0. The summed E-state index contributed by atoms with van der Waals surface area (Å²) in [5, 5.41) is 2.85. The Kier molecular flexibility index (Phi) is 7.77. The van der Waals surface area contributed by atoms with Crippen molar-refractivity contribution in [2.75, 3.05) is 25.0 Å². The number of carbonyl (C=O) groups is 2. The third-order valence-electron chi connectivity index (χ3n) is 6.25. The quantitative estimate of drug-likeness (QED) is 0.544. The van der Waals surface area contributed by atoms with E-state index >= 15 is 0 Å². The number of hydrogen-bond donors (Lipinski definition) is 1. The van der Waals surface area contributed by atoms with Crippen molar-refractivity contribution in [3.63, 3.8) is 0 Å². The number of anilines is 1. The molecular weight excluding hydrogens is 445 g/mol. The number of amides is 2. The van der Waals surface area contributed by atoms with Gasteiger partial charge < -0.3 is 15.0 Å². The van der Waals surface area contributed by atoms with Crippen molar-refractivity contribution in [2.45, 2.75) is 32.5 Å². The summed E-state index contributed by atoms with van der Waals surface area (Å²) in [4.78, 5) is 29.9. The number of ether oxygens (including phenoxy) is 1. The molecule has 0 bridgehead atoms. The monoisotopic (exact) mass is 475 g/mol. The molecule has 1 N–H and O–H groups in total. The van der Waals surface area contributed by atoms with Crippen LogP contribution >= 0.6 is 0 Å². The molecule has 6 nitrogen and oxygen atoms in total. The molecule has 0 aromatic heterocycles. The first-order chi connectivity index (χ1) is 16.9. The van der Waals surface area contributed by atoms with Crippen LogP contribution in [-0.4, -0.2) is 53.4 Å². The van der Waals surface area contributed by atoms with Crippen LogP contribution in [0.15, 0.2) is 78.9 Å². The summed E-state index contributed by atoms with van der Waals surface area (Å²) in [6, 6.07) is 22.8. The van der Waals surface area contributed by atoms with Crippen LogP contribution in [0.25, 0.3) is 0 Å². The Morgan fingerprint density at radius 2 is 1.60 bits per heavy atom. The fraction of sp³-hybridized carbons (Fsp3) is 0.286. The Bertz CT molecular complexity index is 1150. The highest BCUT2D eigenvalue weighted by atomic mass is 19.1. The molecular formula is C28H30FN3O3. The van der Waals surface area contributed by atoms with Gasteiger partial charge in [0.25, 0.3) is 11.8 Å². The van der Waals surface area contributed by atoms with Gasteiger partial charge in [0.1, 0.15) is 11.6 Å². The smallest absolute Gasteiger partial charge is 0.260 e. The van der Waals surface area contributed by atoms with Gasteiger partial charge in [-0.1, -0.05) is 42.5 Å². The average molecular weight is 476 g/mol. The topological polar surface area (TPSA) is 61.9 Å². The molecule has 182 valence electrons. The van der Waals surface area contributed by atoms with Crippen LogP contribution in [0.5, 0.6) is 5.75 Å². The van der Waals surface area contributed by atoms with E-state index in [4.69, 9.17) is 4.74 Å². The van der Waals surface area contributed by atoms with Gasteiger partial charge in [-0.05, 0) is 55.8 Å². The third-order valence-corrected chi connectivity index (χ3v) is 6.25. The van der Waals surface area contributed by atoms with E-state index in [0.29, 0.717) is 36.6 Å². The highest BCUT2D eigenvalue weighted by Gasteiger charge is 2.32. The Balaban J connectivity index is 1.35. The molecule has 1 heterocycles. The summed E-state index contributed by atoms with van der Waals surface area (Å²) in [5.41, 5.74) is 2.10. The van der Waals surface area contributed by atoms with Crippen LogP contribution in [0.2, 0.25) is 0 Å². The number of piperazine rings is 1. The minimum Gasteiger partial charge on any atom is -0.483 e. The zero-order chi connectivity index (χ0) is 24.8. The number of halogens is 1. The van der Waals surface area contributed by atoms with Crippen LogP contribution in [0.4, 0.5) is 10.1 Å². The average Bonchev–Trinajstić information content (AvgIpc) is 2.86. The Labute approximate surface area is 205 Å². The number of nitrogens with one attached hydrogen (secondary N) is 1. The maximum Gasteiger partial charge on any atom is 0.260 e.